The van der Waals surface area contributed by atoms with E-state index in [1.54, 1.807) is 11.3 Å². The Balaban J connectivity index is 0.00000176. The lowest BCUT2D eigenvalue weighted by Crippen LogP contribution is -2.53. The number of hydrogen-bond donors (Lipinski definition) is 2. The zero-order chi connectivity index (χ0) is 14.8. The Hall–Kier alpha value is -0.990. The fraction of sp³-hybridized carbons (Fsp3) is 0.429. The Morgan fingerprint density at radius 2 is 2.32 bits per heavy atom. The summed E-state index contributed by atoms with van der Waals surface area (Å²) in [6, 6.07) is 3.80. The molecule has 5 nitrogen and oxygen atoms in total. The van der Waals surface area contributed by atoms with Crippen LogP contribution in [0.25, 0.3) is 10.6 Å². The zero-order valence-electron chi connectivity index (χ0n) is 12.3. The molecule has 120 valence electrons. The Morgan fingerprint density at radius 3 is 3.00 bits per heavy atom. The highest BCUT2D eigenvalue weighted by Crippen LogP contribution is 2.30. The molecule has 0 saturated carbocycles. The van der Waals surface area contributed by atoms with Crippen molar-refractivity contribution < 1.29 is 9.53 Å². The van der Waals surface area contributed by atoms with E-state index in [4.69, 9.17) is 4.74 Å². The normalized spacial score (nSPS) is 21.2. The van der Waals surface area contributed by atoms with Gasteiger partial charge in [0.15, 0.2) is 5.13 Å². The van der Waals surface area contributed by atoms with Crippen molar-refractivity contribution in [1.82, 2.24) is 10.3 Å². The molecule has 1 amide bonds. The fourth-order valence-corrected chi connectivity index (χ4v) is 3.84. The van der Waals surface area contributed by atoms with E-state index in [-0.39, 0.29) is 30.5 Å². The first-order valence-corrected chi connectivity index (χ1v) is 8.51. The van der Waals surface area contributed by atoms with Gasteiger partial charge in [0.25, 0.3) is 0 Å². The van der Waals surface area contributed by atoms with Gasteiger partial charge in [-0.2, -0.15) is 0 Å². The number of aryl methyl sites for hydroxylation is 1. The number of thiophene rings is 1. The molecule has 1 aliphatic rings. The second kappa shape index (κ2) is 7.52. The van der Waals surface area contributed by atoms with Crippen molar-refractivity contribution in [3.63, 3.8) is 0 Å². The van der Waals surface area contributed by atoms with Crippen LogP contribution in [0.3, 0.4) is 0 Å². The van der Waals surface area contributed by atoms with Gasteiger partial charge in [0, 0.05) is 16.8 Å². The lowest BCUT2D eigenvalue weighted by molar-refractivity contribution is -0.123. The summed E-state index contributed by atoms with van der Waals surface area (Å²) in [4.78, 5) is 19.1. The van der Waals surface area contributed by atoms with Gasteiger partial charge in [-0.25, -0.2) is 4.98 Å². The highest BCUT2D eigenvalue weighted by Gasteiger charge is 2.28. The van der Waals surface area contributed by atoms with Gasteiger partial charge in [-0.05, 0) is 26.0 Å². The van der Waals surface area contributed by atoms with Gasteiger partial charge in [-0.15, -0.1) is 35.1 Å². The largest absolute Gasteiger partial charge is 0.375 e. The van der Waals surface area contributed by atoms with Crippen LogP contribution < -0.4 is 10.6 Å². The Labute approximate surface area is 143 Å². The maximum atomic E-state index is 12.2. The summed E-state index contributed by atoms with van der Waals surface area (Å²) in [7, 11) is 0. The van der Waals surface area contributed by atoms with Crippen LogP contribution in [0.15, 0.2) is 17.5 Å². The van der Waals surface area contributed by atoms with E-state index in [1.165, 1.54) is 16.2 Å². The molecule has 0 unspecified atom stereocenters. The predicted octanol–water partition coefficient (Wildman–Crippen LogP) is 2.92. The third kappa shape index (κ3) is 3.85. The number of carbonyl (C=O) groups excluding carboxylic acids is 1. The average Bonchev–Trinajstić information content (AvgIpc) is 3.08. The number of rotatable bonds is 3. The lowest BCUT2D eigenvalue weighted by Gasteiger charge is -2.28. The molecular weight excluding hydrogens is 342 g/mol. The number of morpholine rings is 1. The van der Waals surface area contributed by atoms with Gasteiger partial charge >= 0.3 is 0 Å². The van der Waals surface area contributed by atoms with E-state index in [0.29, 0.717) is 18.3 Å². The number of anilines is 1. The summed E-state index contributed by atoms with van der Waals surface area (Å²) in [5.41, 5.74) is 0.911. The Bertz CT molecular complexity index is 644. The van der Waals surface area contributed by atoms with E-state index >= 15 is 0 Å². The maximum absolute atomic E-state index is 12.2. The molecule has 3 heterocycles. The molecule has 2 aromatic heterocycles. The number of halogens is 1. The van der Waals surface area contributed by atoms with Gasteiger partial charge in [0.1, 0.15) is 6.04 Å². The van der Waals surface area contributed by atoms with Crippen molar-refractivity contribution in [2.45, 2.75) is 26.0 Å². The topological polar surface area (TPSA) is 63.2 Å². The van der Waals surface area contributed by atoms with E-state index in [0.717, 1.165) is 10.6 Å². The molecule has 2 aromatic rings. The highest BCUT2D eigenvalue weighted by molar-refractivity contribution is 7.17. The number of hydrogen-bond acceptors (Lipinski definition) is 6. The molecule has 0 bridgehead atoms. The van der Waals surface area contributed by atoms with Crippen LogP contribution in [0.2, 0.25) is 0 Å². The van der Waals surface area contributed by atoms with E-state index in [9.17, 15) is 4.79 Å². The fourth-order valence-electron chi connectivity index (χ4n) is 2.23. The molecule has 1 aliphatic heterocycles. The first kappa shape index (κ1) is 17.4. The van der Waals surface area contributed by atoms with Gasteiger partial charge < -0.3 is 15.4 Å². The quantitative estimate of drug-likeness (QED) is 0.884. The van der Waals surface area contributed by atoms with Gasteiger partial charge in [-0.3, -0.25) is 4.79 Å². The first-order valence-electron chi connectivity index (χ1n) is 6.81. The van der Waals surface area contributed by atoms with Crippen LogP contribution in [0.1, 0.15) is 11.8 Å². The second-order valence-corrected chi connectivity index (χ2v) is 7.09. The van der Waals surface area contributed by atoms with Gasteiger partial charge in [0.2, 0.25) is 5.91 Å². The third-order valence-corrected chi connectivity index (χ3v) is 5.11. The summed E-state index contributed by atoms with van der Waals surface area (Å²) < 4.78 is 5.49. The Kier molecular flexibility index (Phi) is 5.94. The minimum atomic E-state index is -0.324. The third-order valence-electron chi connectivity index (χ3n) is 3.33. The van der Waals surface area contributed by atoms with Crippen LogP contribution in [-0.4, -0.2) is 36.2 Å². The molecule has 2 N–H and O–H groups in total. The van der Waals surface area contributed by atoms with Crippen molar-refractivity contribution in [3.8, 4) is 10.6 Å². The number of amides is 1. The van der Waals surface area contributed by atoms with Crippen LogP contribution in [-0.2, 0) is 9.53 Å². The molecule has 0 aromatic carbocycles. The minimum Gasteiger partial charge on any atom is -0.375 e. The zero-order valence-corrected chi connectivity index (χ0v) is 14.7. The second-order valence-electron chi connectivity index (χ2n) is 4.95. The number of ether oxygens (including phenoxy) is 1. The monoisotopic (exact) mass is 359 g/mol. The van der Waals surface area contributed by atoms with Crippen molar-refractivity contribution in [2.24, 2.45) is 0 Å². The van der Waals surface area contributed by atoms with Crippen molar-refractivity contribution >= 4 is 46.1 Å². The minimum absolute atomic E-state index is 0. The smallest absolute Gasteiger partial charge is 0.245 e. The lowest BCUT2D eigenvalue weighted by atomic mass is 10.1. The van der Waals surface area contributed by atoms with E-state index in [1.807, 2.05) is 12.3 Å². The molecule has 0 radical (unpaired) electrons. The predicted molar refractivity (Wildman–Crippen MR) is 93.2 cm³/mol. The molecule has 0 aliphatic carbocycles. The summed E-state index contributed by atoms with van der Waals surface area (Å²) in [6.45, 7) is 5.31. The SMILES string of the molecule is Cc1ccc(-c2csc(NC(=O)[C@H]3NCCO[C@@H]3C)n2)s1.Cl. The standard InChI is InChI=1S/C14H17N3O2S2.ClH/c1-8-3-4-11(21-8)10-7-20-14(16-10)17-13(18)12-9(2)19-6-5-15-12;/h3-4,7,9,12,15H,5-6H2,1-2H3,(H,16,17,18);1H/t9-,12+;/m1./s1. The summed E-state index contributed by atoms with van der Waals surface area (Å²) in [5.74, 6) is -0.0922. The molecule has 1 fully saturated rings. The van der Waals surface area contributed by atoms with Crippen LogP contribution in [0.5, 0.6) is 0 Å². The van der Waals surface area contributed by atoms with Crippen molar-refractivity contribution in [1.29, 1.82) is 0 Å². The summed E-state index contributed by atoms with van der Waals surface area (Å²) in [6.07, 6.45) is -0.127. The van der Waals surface area contributed by atoms with E-state index < -0.39 is 0 Å². The molecule has 8 heteroatoms. The maximum Gasteiger partial charge on any atom is 0.245 e. The molecule has 1 saturated heterocycles. The molecule has 3 rings (SSSR count). The van der Waals surface area contributed by atoms with Crippen molar-refractivity contribution in [2.75, 3.05) is 18.5 Å². The molecule has 2 atom stereocenters. The van der Waals surface area contributed by atoms with Gasteiger partial charge in [-0.1, -0.05) is 0 Å². The molecule has 0 spiro atoms. The summed E-state index contributed by atoms with van der Waals surface area (Å²) >= 11 is 3.14. The number of thiazole rings is 1. The highest BCUT2D eigenvalue weighted by atomic mass is 35.5. The molecule has 22 heavy (non-hydrogen) atoms. The van der Waals surface area contributed by atoms with Gasteiger partial charge in [0.05, 0.1) is 23.3 Å². The number of aromatic nitrogens is 1. The van der Waals surface area contributed by atoms with Crippen LogP contribution >= 0.6 is 35.1 Å². The first-order chi connectivity index (χ1) is 10.1. The Morgan fingerprint density at radius 1 is 1.50 bits per heavy atom. The summed E-state index contributed by atoms with van der Waals surface area (Å²) in [5, 5.41) is 8.64. The number of nitrogens with one attached hydrogen (secondary N) is 2. The van der Waals surface area contributed by atoms with Crippen LogP contribution in [0, 0.1) is 6.92 Å². The van der Waals surface area contributed by atoms with Crippen molar-refractivity contribution in [3.05, 3.63) is 22.4 Å². The number of carbonyl (C=O) groups is 1. The average molecular weight is 360 g/mol. The molecular formula is C14H18ClN3O2S2. The number of nitrogens with zero attached hydrogens (tertiary/aromatic N) is 1. The van der Waals surface area contributed by atoms with Crippen LogP contribution in [0.4, 0.5) is 5.13 Å². The van der Waals surface area contributed by atoms with E-state index in [2.05, 4.69) is 34.7 Å².